The third-order valence-corrected chi connectivity index (χ3v) is 2.50. The third-order valence-electron chi connectivity index (χ3n) is 2.50. The highest BCUT2D eigenvalue weighted by Crippen LogP contribution is 2.38. The Kier molecular flexibility index (Phi) is 1.33. The van der Waals surface area contributed by atoms with Crippen molar-refractivity contribution in [1.29, 1.82) is 0 Å². The van der Waals surface area contributed by atoms with Crippen LogP contribution >= 0.6 is 0 Å². The molecule has 2 aliphatic rings. The maximum atomic E-state index is 2.36. The fourth-order valence-electron chi connectivity index (χ4n) is 1.79. The number of allylic oxidation sites excluding steroid dienone is 2. The summed E-state index contributed by atoms with van der Waals surface area (Å²) in [4.78, 5) is 0. The standard InChI is InChI=1S/C9H13/c1-2-4-8-6-7-9(8)5-3-1/h6-8H,1-5H2. The molecule has 0 N–H and O–H groups in total. The zero-order chi connectivity index (χ0) is 6.10. The molecule has 1 atom stereocenters. The van der Waals surface area contributed by atoms with E-state index in [-0.39, 0.29) is 0 Å². The third kappa shape index (κ3) is 0.910. The van der Waals surface area contributed by atoms with Crippen LogP contribution in [0.4, 0.5) is 0 Å². The normalized spacial score (nSPS) is 34.9. The molecule has 1 saturated carbocycles. The van der Waals surface area contributed by atoms with Crippen LogP contribution in [0.2, 0.25) is 0 Å². The molecule has 2 aliphatic carbocycles. The van der Waals surface area contributed by atoms with Crippen molar-refractivity contribution < 1.29 is 0 Å². The molecule has 1 radical (unpaired) electrons. The smallest absolute Gasteiger partial charge is 0.00411 e. The average molecular weight is 121 g/mol. The molecule has 1 fully saturated rings. The summed E-state index contributed by atoms with van der Waals surface area (Å²) in [6.45, 7) is 0. The van der Waals surface area contributed by atoms with E-state index in [2.05, 4.69) is 12.2 Å². The second-order valence-electron chi connectivity index (χ2n) is 3.14. The summed E-state index contributed by atoms with van der Waals surface area (Å²) in [5.41, 5.74) is 0. The fraction of sp³-hybridized carbons (Fsp3) is 0.667. The van der Waals surface area contributed by atoms with Gasteiger partial charge in [-0.25, -0.2) is 0 Å². The minimum atomic E-state index is 0.910. The largest absolute Gasteiger partial charge is 0.0839 e. The molecule has 1 unspecified atom stereocenters. The summed E-state index contributed by atoms with van der Waals surface area (Å²) in [7, 11) is 0. The van der Waals surface area contributed by atoms with Crippen molar-refractivity contribution in [2.45, 2.75) is 32.1 Å². The zero-order valence-electron chi connectivity index (χ0n) is 5.77. The van der Waals surface area contributed by atoms with Gasteiger partial charge in [-0.1, -0.05) is 31.4 Å². The summed E-state index contributed by atoms with van der Waals surface area (Å²) in [6, 6.07) is 0. The Morgan fingerprint density at radius 1 is 1.22 bits per heavy atom. The van der Waals surface area contributed by atoms with E-state index < -0.39 is 0 Å². The molecule has 0 amide bonds. The first-order valence-corrected chi connectivity index (χ1v) is 4.01. The molecule has 0 aliphatic heterocycles. The molecule has 0 aromatic rings. The van der Waals surface area contributed by atoms with E-state index in [1.165, 1.54) is 32.1 Å². The summed E-state index contributed by atoms with van der Waals surface area (Å²) in [6.07, 6.45) is 11.9. The van der Waals surface area contributed by atoms with Crippen molar-refractivity contribution in [3.8, 4) is 0 Å². The van der Waals surface area contributed by atoms with Crippen LogP contribution < -0.4 is 0 Å². The van der Waals surface area contributed by atoms with Gasteiger partial charge in [-0.15, -0.1) is 0 Å². The average Bonchev–Trinajstić information content (AvgIpc) is 1.94. The molecule has 0 spiro atoms. The van der Waals surface area contributed by atoms with Crippen molar-refractivity contribution in [3.05, 3.63) is 18.1 Å². The van der Waals surface area contributed by atoms with Crippen LogP contribution in [0, 0.1) is 11.8 Å². The number of hydrogen-bond donors (Lipinski definition) is 0. The van der Waals surface area contributed by atoms with Crippen molar-refractivity contribution in [2.24, 2.45) is 5.92 Å². The topological polar surface area (TPSA) is 0 Å². The van der Waals surface area contributed by atoms with Gasteiger partial charge in [0.2, 0.25) is 0 Å². The van der Waals surface area contributed by atoms with E-state index in [9.17, 15) is 0 Å². The SMILES string of the molecule is C1=CC2CCCCC[C]12. The van der Waals surface area contributed by atoms with Gasteiger partial charge in [0.15, 0.2) is 0 Å². The Morgan fingerprint density at radius 2 is 2.22 bits per heavy atom. The van der Waals surface area contributed by atoms with Crippen LogP contribution in [0.5, 0.6) is 0 Å². The summed E-state index contributed by atoms with van der Waals surface area (Å²) < 4.78 is 0. The second-order valence-corrected chi connectivity index (χ2v) is 3.14. The number of rotatable bonds is 0. The molecule has 0 aromatic heterocycles. The molecular formula is C9H13. The highest BCUT2D eigenvalue weighted by atomic mass is 14.3. The van der Waals surface area contributed by atoms with Crippen molar-refractivity contribution in [3.63, 3.8) is 0 Å². The summed E-state index contributed by atoms with van der Waals surface area (Å²) in [5.74, 6) is 2.64. The minimum absolute atomic E-state index is 0.910. The Balaban J connectivity index is 1.99. The summed E-state index contributed by atoms with van der Waals surface area (Å²) in [5, 5.41) is 0. The monoisotopic (exact) mass is 121 g/mol. The van der Waals surface area contributed by atoms with Gasteiger partial charge in [-0.2, -0.15) is 0 Å². The number of fused-ring (bicyclic) bond motifs is 1. The highest BCUT2D eigenvalue weighted by molar-refractivity contribution is 5.28. The van der Waals surface area contributed by atoms with Gasteiger partial charge in [0.05, 0.1) is 0 Å². The van der Waals surface area contributed by atoms with Gasteiger partial charge in [0, 0.05) is 5.92 Å². The van der Waals surface area contributed by atoms with Crippen molar-refractivity contribution in [2.75, 3.05) is 0 Å². The maximum Gasteiger partial charge on any atom is 0.00411 e. The van der Waals surface area contributed by atoms with Crippen LogP contribution in [0.25, 0.3) is 0 Å². The lowest BCUT2D eigenvalue weighted by Gasteiger charge is -2.25. The number of hydrogen-bond acceptors (Lipinski definition) is 0. The molecule has 49 valence electrons. The predicted molar refractivity (Wildman–Crippen MR) is 39.0 cm³/mol. The summed E-state index contributed by atoms with van der Waals surface area (Å²) >= 11 is 0. The van der Waals surface area contributed by atoms with Crippen LogP contribution in [0.1, 0.15) is 32.1 Å². The minimum Gasteiger partial charge on any atom is -0.0839 e. The Morgan fingerprint density at radius 3 is 3.00 bits per heavy atom. The lowest BCUT2D eigenvalue weighted by atomic mass is 9.79. The molecule has 0 heterocycles. The van der Waals surface area contributed by atoms with Crippen LogP contribution in [0.15, 0.2) is 12.2 Å². The van der Waals surface area contributed by atoms with E-state index in [0.717, 1.165) is 5.92 Å². The second kappa shape index (κ2) is 2.17. The molecular weight excluding hydrogens is 108 g/mol. The Hall–Kier alpha value is -0.260. The first kappa shape index (κ1) is 5.52. The van der Waals surface area contributed by atoms with E-state index in [1.807, 2.05) is 0 Å². The van der Waals surface area contributed by atoms with Gasteiger partial charge in [-0.3, -0.25) is 0 Å². The van der Waals surface area contributed by atoms with E-state index in [4.69, 9.17) is 0 Å². The quantitative estimate of drug-likeness (QED) is 0.462. The molecule has 0 aromatic carbocycles. The lowest BCUT2D eigenvalue weighted by Crippen LogP contribution is -2.13. The van der Waals surface area contributed by atoms with Gasteiger partial charge in [0.1, 0.15) is 0 Å². The highest BCUT2D eigenvalue weighted by Gasteiger charge is 2.25. The van der Waals surface area contributed by atoms with Gasteiger partial charge in [0.25, 0.3) is 0 Å². The van der Waals surface area contributed by atoms with Crippen LogP contribution in [0.3, 0.4) is 0 Å². The van der Waals surface area contributed by atoms with Crippen molar-refractivity contribution >= 4 is 0 Å². The van der Waals surface area contributed by atoms with Gasteiger partial charge < -0.3 is 0 Å². The molecule has 9 heavy (non-hydrogen) atoms. The Bertz CT molecular complexity index is 110. The first-order chi connectivity index (χ1) is 4.47. The first-order valence-electron chi connectivity index (χ1n) is 4.01. The van der Waals surface area contributed by atoms with Gasteiger partial charge >= 0.3 is 0 Å². The lowest BCUT2D eigenvalue weighted by molar-refractivity contribution is 0.581. The van der Waals surface area contributed by atoms with E-state index in [0.29, 0.717) is 0 Å². The van der Waals surface area contributed by atoms with E-state index in [1.54, 1.807) is 5.92 Å². The van der Waals surface area contributed by atoms with Crippen LogP contribution in [-0.4, -0.2) is 0 Å². The molecule has 2 rings (SSSR count). The maximum absolute atomic E-state index is 2.36. The molecule has 0 bridgehead atoms. The molecule has 0 heteroatoms. The van der Waals surface area contributed by atoms with Crippen LogP contribution in [-0.2, 0) is 0 Å². The van der Waals surface area contributed by atoms with E-state index >= 15 is 0 Å². The molecule has 0 saturated heterocycles. The predicted octanol–water partition coefficient (Wildman–Crippen LogP) is 2.71. The van der Waals surface area contributed by atoms with Gasteiger partial charge in [-0.05, 0) is 18.8 Å². The fourth-order valence-corrected chi connectivity index (χ4v) is 1.79. The molecule has 0 nitrogen and oxygen atoms in total. The zero-order valence-corrected chi connectivity index (χ0v) is 5.77. The Labute approximate surface area is 57.0 Å². The van der Waals surface area contributed by atoms with Crippen molar-refractivity contribution in [1.82, 2.24) is 0 Å².